The van der Waals surface area contributed by atoms with Crippen molar-refractivity contribution in [3.05, 3.63) is 30.3 Å². The Labute approximate surface area is 164 Å². The van der Waals surface area contributed by atoms with Crippen LogP contribution in [0, 0.1) is 42.2 Å². The van der Waals surface area contributed by atoms with Crippen LogP contribution in [0.5, 0.6) is 0 Å². The molecule has 10 heteroatoms. The molecule has 0 bridgehead atoms. The van der Waals surface area contributed by atoms with Gasteiger partial charge >= 0.3 is 11.7 Å². The van der Waals surface area contributed by atoms with Crippen molar-refractivity contribution in [1.29, 1.82) is 0 Å². The first-order chi connectivity index (χ1) is 13.3. The van der Waals surface area contributed by atoms with Gasteiger partial charge in [-0.1, -0.05) is 45.4 Å². The topological polar surface area (TPSA) is 146 Å². The van der Waals surface area contributed by atoms with E-state index in [1.165, 1.54) is 32.1 Å². The molecule has 0 saturated heterocycles. The molecule has 0 aromatic rings. The fraction of sp³-hybridized carbons (Fsp3) is 0.833. The molecular weight excluding hydrogens is 370 g/mol. The third-order valence-corrected chi connectivity index (χ3v) is 4.56. The highest BCUT2D eigenvalue weighted by molar-refractivity contribution is 5.60. The molecule has 0 amide bonds. The van der Waals surface area contributed by atoms with E-state index in [9.17, 15) is 35.1 Å². The fourth-order valence-electron chi connectivity index (χ4n) is 2.85. The number of unbranched alkanes of at least 4 members (excludes halogenated alkanes) is 9. The lowest BCUT2D eigenvalue weighted by atomic mass is 9.97. The molecule has 0 aliphatic carbocycles. The maximum absolute atomic E-state index is 11.1. The van der Waals surface area contributed by atoms with Crippen molar-refractivity contribution in [2.24, 2.45) is 0 Å². The van der Waals surface area contributed by atoms with Crippen molar-refractivity contribution in [2.75, 3.05) is 0 Å². The van der Waals surface area contributed by atoms with E-state index in [0.717, 1.165) is 12.8 Å². The molecule has 0 spiro atoms. The molecule has 0 radical (unpaired) electrons. The van der Waals surface area contributed by atoms with Gasteiger partial charge in [0.2, 0.25) is 0 Å². The molecule has 1 unspecified atom stereocenters. The van der Waals surface area contributed by atoms with Crippen molar-refractivity contribution in [3.63, 3.8) is 0 Å². The molecule has 1 atom stereocenters. The van der Waals surface area contributed by atoms with Gasteiger partial charge in [0, 0.05) is 24.2 Å². The van der Waals surface area contributed by atoms with Gasteiger partial charge in [0.05, 0.1) is 0 Å². The summed E-state index contributed by atoms with van der Waals surface area (Å²) in [5.41, 5.74) is -3.44. The molecular formula is C18H29N3O7. The third kappa shape index (κ3) is 8.41. The van der Waals surface area contributed by atoms with Gasteiger partial charge in [-0.3, -0.25) is 35.1 Å². The van der Waals surface area contributed by atoms with E-state index >= 15 is 0 Å². The Morgan fingerprint density at radius 2 is 1.29 bits per heavy atom. The SMILES string of the molecule is CCCCCCCCC#CCCCCCC([N+](=O)[O-])C(C=O)([N+](=O)[O-])[N+](=O)[O-]. The Morgan fingerprint density at radius 3 is 1.71 bits per heavy atom. The fourth-order valence-corrected chi connectivity index (χ4v) is 2.85. The lowest BCUT2D eigenvalue weighted by Crippen LogP contribution is -2.60. The van der Waals surface area contributed by atoms with Gasteiger partial charge in [0.1, 0.15) is 9.85 Å². The Bertz CT molecular complexity index is 569. The van der Waals surface area contributed by atoms with Gasteiger partial charge in [-0.15, -0.1) is 11.8 Å². The molecule has 0 heterocycles. The summed E-state index contributed by atoms with van der Waals surface area (Å²) in [5.74, 6) is 6.09. The Balaban J connectivity index is 4.25. The molecule has 0 rings (SSSR count). The smallest absolute Gasteiger partial charge is 0.287 e. The number of nitro groups is 3. The summed E-state index contributed by atoms with van der Waals surface area (Å²) in [5, 5.41) is 33.0. The summed E-state index contributed by atoms with van der Waals surface area (Å²) in [6, 6.07) is -2.20. The quantitative estimate of drug-likeness (QED) is 0.0957. The molecule has 10 nitrogen and oxygen atoms in total. The van der Waals surface area contributed by atoms with E-state index in [4.69, 9.17) is 0 Å². The zero-order chi connectivity index (χ0) is 21.4. The number of aldehydes is 1. The van der Waals surface area contributed by atoms with E-state index < -0.39 is 39.2 Å². The molecule has 28 heavy (non-hydrogen) atoms. The molecule has 0 aliphatic rings. The van der Waals surface area contributed by atoms with Crippen LogP contribution in [0.1, 0.15) is 84.0 Å². The summed E-state index contributed by atoms with van der Waals surface area (Å²) in [4.78, 5) is 39.9. The van der Waals surface area contributed by atoms with Gasteiger partial charge in [-0.05, 0) is 19.3 Å². The Hall–Kier alpha value is -2.57. The van der Waals surface area contributed by atoms with Crippen LogP contribution >= 0.6 is 0 Å². The van der Waals surface area contributed by atoms with Gasteiger partial charge in [-0.25, -0.2) is 0 Å². The van der Waals surface area contributed by atoms with Crippen LogP contribution in [0.15, 0.2) is 0 Å². The van der Waals surface area contributed by atoms with Crippen molar-refractivity contribution in [1.82, 2.24) is 0 Å². The summed E-state index contributed by atoms with van der Waals surface area (Å²) >= 11 is 0. The minimum absolute atomic E-state index is 0.169. The van der Waals surface area contributed by atoms with Crippen molar-refractivity contribution in [3.8, 4) is 11.8 Å². The maximum Gasteiger partial charge on any atom is 0.577 e. The van der Waals surface area contributed by atoms with E-state index in [1.807, 2.05) is 0 Å². The molecule has 158 valence electrons. The van der Waals surface area contributed by atoms with E-state index in [1.54, 1.807) is 0 Å². The van der Waals surface area contributed by atoms with Gasteiger partial charge in [-0.2, -0.15) is 0 Å². The largest absolute Gasteiger partial charge is 0.577 e. The van der Waals surface area contributed by atoms with Crippen LogP contribution in [0.25, 0.3) is 0 Å². The first-order valence-electron chi connectivity index (χ1n) is 9.69. The molecule has 0 saturated carbocycles. The number of nitrogens with zero attached hydrogens (tertiary/aromatic N) is 3. The number of rotatable bonds is 16. The molecule has 0 N–H and O–H groups in total. The molecule has 0 fully saturated rings. The van der Waals surface area contributed by atoms with Crippen molar-refractivity contribution < 1.29 is 19.6 Å². The van der Waals surface area contributed by atoms with Crippen LogP contribution in [-0.2, 0) is 4.79 Å². The monoisotopic (exact) mass is 399 g/mol. The normalized spacial score (nSPS) is 11.9. The van der Waals surface area contributed by atoms with Crippen LogP contribution in [-0.4, -0.2) is 32.8 Å². The van der Waals surface area contributed by atoms with Gasteiger partial charge < -0.3 is 0 Å². The third-order valence-electron chi connectivity index (χ3n) is 4.56. The highest BCUT2D eigenvalue weighted by atomic mass is 16.7. The average molecular weight is 399 g/mol. The summed E-state index contributed by atoms with van der Waals surface area (Å²) in [6.45, 7) is 2.17. The second-order valence-electron chi connectivity index (χ2n) is 6.69. The van der Waals surface area contributed by atoms with E-state index in [0.29, 0.717) is 19.3 Å². The summed E-state index contributed by atoms with van der Waals surface area (Å²) < 4.78 is 0. The Morgan fingerprint density at radius 1 is 0.821 bits per heavy atom. The number of carbonyl (C=O) groups is 1. The van der Waals surface area contributed by atoms with Gasteiger partial charge in [0.15, 0.2) is 0 Å². The standard InChI is InChI=1S/C18H29N3O7/c1-2-3-4-5-6-7-8-9-10-11-12-13-14-15-17(19(23)24)18(16-22,20(25)26)21(27)28/h16-17H,2-8,11-15H2,1H3. The van der Waals surface area contributed by atoms with Crippen LogP contribution < -0.4 is 0 Å². The first-order valence-corrected chi connectivity index (χ1v) is 9.69. The molecule has 0 aliphatic heterocycles. The summed E-state index contributed by atoms with van der Waals surface area (Å²) in [6.07, 6.45) is 8.96. The lowest BCUT2D eigenvalue weighted by Gasteiger charge is -2.15. The van der Waals surface area contributed by atoms with Crippen LogP contribution in [0.2, 0.25) is 0 Å². The maximum atomic E-state index is 11.1. The Kier molecular flexibility index (Phi) is 13.2. The highest BCUT2D eigenvalue weighted by Crippen LogP contribution is 2.22. The second kappa shape index (κ2) is 14.5. The highest BCUT2D eigenvalue weighted by Gasteiger charge is 2.70. The van der Waals surface area contributed by atoms with Gasteiger partial charge in [0.25, 0.3) is 6.29 Å². The van der Waals surface area contributed by atoms with Crippen molar-refractivity contribution >= 4 is 6.29 Å². The number of hydrogen-bond donors (Lipinski definition) is 0. The summed E-state index contributed by atoms with van der Waals surface area (Å²) in [7, 11) is 0. The van der Waals surface area contributed by atoms with E-state index in [-0.39, 0.29) is 6.42 Å². The zero-order valence-corrected chi connectivity index (χ0v) is 16.3. The second-order valence-corrected chi connectivity index (χ2v) is 6.69. The zero-order valence-electron chi connectivity index (χ0n) is 16.3. The number of hydrogen-bond acceptors (Lipinski definition) is 7. The minimum atomic E-state index is -3.44. The molecule has 0 aromatic carbocycles. The first kappa shape index (κ1) is 25.4. The van der Waals surface area contributed by atoms with Crippen LogP contribution in [0.3, 0.4) is 0 Å². The average Bonchev–Trinajstić information content (AvgIpc) is 2.63. The predicted octanol–water partition coefficient (Wildman–Crippen LogP) is 3.78. The number of carbonyl (C=O) groups excluding carboxylic acids is 1. The van der Waals surface area contributed by atoms with Crippen LogP contribution in [0.4, 0.5) is 0 Å². The van der Waals surface area contributed by atoms with E-state index in [2.05, 4.69) is 18.8 Å². The minimum Gasteiger partial charge on any atom is -0.287 e. The predicted molar refractivity (Wildman–Crippen MR) is 102 cm³/mol. The van der Waals surface area contributed by atoms with Crippen molar-refractivity contribution in [2.45, 2.75) is 95.7 Å². The lowest BCUT2D eigenvalue weighted by molar-refractivity contribution is -0.812. The molecule has 0 aromatic heterocycles.